The van der Waals surface area contributed by atoms with Gasteiger partial charge in [0.2, 0.25) is 0 Å². The van der Waals surface area contributed by atoms with E-state index in [0.29, 0.717) is 0 Å². The van der Waals surface area contributed by atoms with Crippen LogP contribution in [0.15, 0.2) is 0 Å². The van der Waals surface area contributed by atoms with E-state index in [9.17, 15) is 8.42 Å². The molecule has 0 amide bonds. The zero-order chi connectivity index (χ0) is 6.78. The second-order valence-electron chi connectivity index (χ2n) is 1.56. The Morgan fingerprint density at radius 3 is 2.00 bits per heavy atom. The van der Waals surface area contributed by atoms with Gasteiger partial charge in [0.15, 0.2) is 0 Å². The number of nitrogens with two attached hydrogens (primary N) is 1. The van der Waals surface area contributed by atoms with Crippen LogP contribution >= 0.6 is 0 Å². The molecule has 0 aliphatic heterocycles. The molecule has 4 nitrogen and oxygen atoms in total. The second kappa shape index (κ2) is 4.45. The Labute approximate surface area is 70.7 Å². The van der Waals surface area contributed by atoms with Crippen LogP contribution in [0.4, 0.5) is 0 Å². The van der Waals surface area contributed by atoms with Crippen molar-refractivity contribution < 1.29 is 13.0 Å². The third-order valence-electron chi connectivity index (χ3n) is 0.840. The number of hydrogen-bond donors (Lipinski definition) is 2. The molecule has 0 rings (SSSR count). The average molecular weight is 165 g/mol. The summed E-state index contributed by atoms with van der Waals surface area (Å²) in [6, 6.07) is 0. The molecule has 0 bridgehead atoms. The van der Waals surface area contributed by atoms with Gasteiger partial charge in [-0.3, -0.25) is 4.55 Å². The Kier molecular flexibility index (Phi) is 6.10. The van der Waals surface area contributed by atoms with Gasteiger partial charge < -0.3 is 5.73 Å². The lowest BCUT2D eigenvalue weighted by molar-refractivity contribution is 0.471. The largest absolute Gasteiger partial charge is 0.329 e. The highest BCUT2D eigenvalue weighted by atomic mass is 32.2. The molecule has 0 fully saturated rings. The van der Waals surface area contributed by atoms with Crippen LogP contribution in [0.3, 0.4) is 0 Å². The average Bonchev–Trinajstić information content (AvgIpc) is 1.62. The monoisotopic (exact) mass is 165 g/mol. The fourth-order valence-corrected chi connectivity index (χ4v) is 0.365. The van der Waals surface area contributed by atoms with Crippen LogP contribution in [0.2, 0.25) is 0 Å². The lowest BCUT2D eigenvalue weighted by Crippen LogP contribution is -2.25. The van der Waals surface area contributed by atoms with Gasteiger partial charge in [-0.15, -0.1) is 0 Å². The zero-order valence-corrected chi connectivity index (χ0v) is 5.35. The summed E-state index contributed by atoms with van der Waals surface area (Å²) in [4.78, 5) is 0. The van der Waals surface area contributed by atoms with Crippen LogP contribution in [0.1, 0.15) is 6.92 Å². The third-order valence-corrected chi connectivity index (χ3v) is 2.05. The Bertz CT molecular complexity index is 154. The minimum Gasteiger partial charge on any atom is -0.329 e. The van der Waals surface area contributed by atoms with Crippen LogP contribution in [0, 0.1) is 0 Å². The molecule has 1 unspecified atom stereocenters. The van der Waals surface area contributed by atoms with Crippen molar-refractivity contribution in [2.45, 2.75) is 12.2 Å². The summed E-state index contributed by atoms with van der Waals surface area (Å²) in [6.45, 7) is 1.30. The molecule has 0 aromatic rings. The van der Waals surface area contributed by atoms with E-state index in [4.69, 9.17) is 10.3 Å². The van der Waals surface area contributed by atoms with E-state index in [1.165, 1.54) is 6.92 Å². The van der Waals surface area contributed by atoms with Gasteiger partial charge in [-0.05, 0) is 6.92 Å². The molecule has 0 aliphatic carbocycles. The van der Waals surface area contributed by atoms with E-state index in [0.717, 1.165) is 0 Å². The topological polar surface area (TPSA) is 80.4 Å². The van der Waals surface area contributed by atoms with Crippen molar-refractivity contribution in [3.8, 4) is 0 Å². The summed E-state index contributed by atoms with van der Waals surface area (Å²) in [5.74, 6) is 0. The van der Waals surface area contributed by atoms with Crippen LogP contribution in [0.25, 0.3) is 0 Å². The predicted octanol–water partition coefficient (Wildman–Crippen LogP) is -1.69. The van der Waals surface area contributed by atoms with Crippen molar-refractivity contribution >= 4 is 33.2 Å². The summed E-state index contributed by atoms with van der Waals surface area (Å²) in [5.41, 5.74) is 4.92. The second-order valence-corrected chi connectivity index (χ2v) is 3.40. The zero-order valence-electron chi connectivity index (χ0n) is 4.53. The minimum atomic E-state index is -3.88. The van der Waals surface area contributed by atoms with Gasteiger partial charge in [-0.25, -0.2) is 0 Å². The molecule has 54 valence electrons. The SMILES string of the molecule is CC(CN)S(=O)(=O)O.[MgH2]. The van der Waals surface area contributed by atoms with Crippen LogP contribution in [-0.2, 0) is 10.1 Å². The maximum absolute atomic E-state index is 10.0. The summed E-state index contributed by atoms with van der Waals surface area (Å²) < 4.78 is 28.3. The Hall–Kier alpha value is 0.636. The molecular weight excluding hydrogens is 154 g/mol. The molecule has 3 N–H and O–H groups in total. The maximum atomic E-state index is 10.0. The molecule has 0 aliphatic rings. The molecule has 0 aromatic carbocycles. The minimum absolute atomic E-state index is 0. The first-order valence-corrected chi connectivity index (χ1v) is 3.65. The van der Waals surface area contributed by atoms with Crippen molar-refractivity contribution in [3.05, 3.63) is 0 Å². The maximum Gasteiger partial charge on any atom is 0.316 e. The van der Waals surface area contributed by atoms with E-state index < -0.39 is 15.4 Å². The van der Waals surface area contributed by atoms with Crippen molar-refractivity contribution in [3.63, 3.8) is 0 Å². The predicted molar refractivity (Wildman–Crippen MR) is 38.6 cm³/mol. The summed E-state index contributed by atoms with van der Waals surface area (Å²) in [5, 5.41) is -0.845. The number of hydrogen-bond acceptors (Lipinski definition) is 3. The molecule has 1 atom stereocenters. The van der Waals surface area contributed by atoms with Gasteiger partial charge in [-0.2, -0.15) is 8.42 Å². The fraction of sp³-hybridized carbons (Fsp3) is 1.00. The molecule has 0 saturated carbocycles. The molecule has 9 heavy (non-hydrogen) atoms. The molecule has 0 aromatic heterocycles. The summed E-state index contributed by atoms with van der Waals surface area (Å²) >= 11 is 0. The highest BCUT2D eigenvalue weighted by molar-refractivity contribution is 7.86. The molecular formula is C3H11MgNO3S. The molecule has 6 heteroatoms. The van der Waals surface area contributed by atoms with Gasteiger partial charge in [0.05, 0.1) is 5.25 Å². The van der Waals surface area contributed by atoms with E-state index in [1.807, 2.05) is 0 Å². The highest BCUT2D eigenvalue weighted by Gasteiger charge is 2.13. The Morgan fingerprint density at radius 1 is 1.67 bits per heavy atom. The summed E-state index contributed by atoms with van der Waals surface area (Å²) in [7, 11) is -3.88. The smallest absolute Gasteiger partial charge is 0.316 e. The fourth-order valence-electron chi connectivity index (χ4n) is 0.122. The molecule has 0 heterocycles. The summed E-state index contributed by atoms with van der Waals surface area (Å²) in [6.07, 6.45) is 0. The first kappa shape index (κ1) is 12.3. The Morgan fingerprint density at radius 2 is 2.00 bits per heavy atom. The van der Waals surface area contributed by atoms with Crippen LogP contribution in [0.5, 0.6) is 0 Å². The van der Waals surface area contributed by atoms with E-state index in [1.54, 1.807) is 0 Å². The van der Waals surface area contributed by atoms with Crippen molar-refractivity contribution in [1.29, 1.82) is 0 Å². The molecule has 0 saturated heterocycles. The van der Waals surface area contributed by atoms with Gasteiger partial charge in [0.25, 0.3) is 10.1 Å². The Balaban J connectivity index is 0. The third kappa shape index (κ3) is 5.10. The van der Waals surface area contributed by atoms with E-state index >= 15 is 0 Å². The highest BCUT2D eigenvalue weighted by Crippen LogP contribution is 1.91. The van der Waals surface area contributed by atoms with Crippen molar-refractivity contribution in [2.75, 3.05) is 6.54 Å². The van der Waals surface area contributed by atoms with Gasteiger partial charge in [-0.1, -0.05) is 0 Å². The van der Waals surface area contributed by atoms with Crippen molar-refractivity contribution in [1.82, 2.24) is 0 Å². The number of rotatable bonds is 2. The van der Waals surface area contributed by atoms with Gasteiger partial charge in [0, 0.05) is 6.54 Å². The van der Waals surface area contributed by atoms with E-state index in [2.05, 4.69) is 0 Å². The van der Waals surface area contributed by atoms with Crippen molar-refractivity contribution in [2.24, 2.45) is 5.73 Å². The van der Waals surface area contributed by atoms with Gasteiger partial charge >= 0.3 is 23.1 Å². The molecule has 0 radical (unpaired) electrons. The first-order valence-electron chi connectivity index (χ1n) is 2.15. The lowest BCUT2D eigenvalue weighted by atomic mass is 10.5. The van der Waals surface area contributed by atoms with E-state index in [-0.39, 0.29) is 29.6 Å². The molecule has 0 spiro atoms. The lowest BCUT2D eigenvalue weighted by Gasteiger charge is -2.00. The first-order chi connectivity index (χ1) is 3.48. The van der Waals surface area contributed by atoms with Crippen LogP contribution < -0.4 is 5.73 Å². The van der Waals surface area contributed by atoms with Gasteiger partial charge in [0.1, 0.15) is 0 Å². The standard InChI is InChI=1S/C3H9NO3S.Mg.2H/c1-3(2-4)8(5,6)7;;;/h3H,2,4H2,1H3,(H,5,6,7);;;. The normalized spacial score (nSPS) is 14.1. The quantitative estimate of drug-likeness (QED) is 0.378. The van der Waals surface area contributed by atoms with Crippen LogP contribution in [-0.4, -0.2) is 47.8 Å².